The molecule has 2 aromatic heterocycles. The molecule has 0 aliphatic rings. The molecule has 1 amide bonds. The van der Waals surface area contributed by atoms with Gasteiger partial charge in [0.2, 0.25) is 0 Å². The summed E-state index contributed by atoms with van der Waals surface area (Å²) >= 11 is 0. The van der Waals surface area contributed by atoms with Crippen molar-refractivity contribution in [3.8, 4) is 5.69 Å². The number of para-hydroxylation sites is 2. The summed E-state index contributed by atoms with van der Waals surface area (Å²) < 4.78 is 17.9. The SMILES string of the molecule is Cc1nn(-c2ccccc2F)c(C)c1NC(=O)c1cn(CCN(C)C)c2ccccc12. The second-order valence-corrected chi connectivity index (χ2v) is 7.92. The first-order valence-corrected chi connectivity index (χ1v) is 10.2. The Kier molecular flexibility index (Phi) is 5.61. The summed E-state index contributed by atoms with van der Waals surface area (Å²) in [7, 11) is 4.05. The van der Waals surface area contributed by atoms with Crippen molar-refractivity contribution in [2.24, 2.45) is 0 Å². The Balaban J connectivity index is 1.68. The van der Waals surface area contributed by atoms with Crippen LogP contribution in [0.1, 0.15) is 21.7 Å². The molecule has 160 valence electrons. The highest BCUT2D eigenvalue weighted by Gasteiger charge is 2.20. The van der Waals surface area contributed by atoms with Crippen molar-refractivity contribution < 1.29 is 9.18 Å². The van der Waals surface area contributed by atoms with Crippen LogP contribution in [-0.2, 0) is 6.54 Å². The summed E-state index contributed by atoms with van der Waals surface area (Å²) in [4.78, 5) is 15.4. The number of carbonyl (C=O) groups excluding carboxylic acids is 1. The lowest BCUT2D eigenvalue weighted by Gasteiger charge is -2.10. The van der Waals surface area contributed by atoms with Gasteiger partial charge in [-0.1, -0.05) is 30.3 Å². The molecule has 0 saturated carbocycles. The van der Waals surface area contributed by atoms with E-state index in [4.69, 9.17) is 0 Å². The van der Waals surface area contributed by atoms with Gasteiger partial charge in [0.05, 0.1) is 22.6 Å². The van der Waals surface area contributed by atoms with Crippen molar-refractivity contribution in [2.45, 2.75) is 20.4 Å². The number of amides is 1. The first kappa shape index (κ1) is 20.8. The maximum Gasteiger partial charge on any atom is 0.257 e. The summed E-state index contributed by atoms with van der Waals surface area (Å²) in [5.74, 6) is -0.575. The number of fused-ring (bicyclic) bond motifs is 1. The standard InChI is InChI=1S/C24H26FN5O/c1-16-23(17(2)30(27-16)22-12-8-6-10-20(22)25)26-24(31)19-15-29(14-13-28(3)4)21-11-7-5-9-18(19)21/h5-12,15H,13-14H2,1-4H3,(H,26,31). The molecule has 2 heterocycles. The number of halogens is 1. The van der Waals surface area contributed by atoms with Gasteiger partial charge in [0.15, 0.2) is 0 Å². The maximum atomic E-state index is 14.3. The third-order valence-corrected chi connectivity index (χ3v) is 5.43. The third-order valence-electron chi connectivity index (χ3n) is 5.43. The Hall–Kier alpha value is -3.45. The van der Waals surface area contributed by atoms with Crippen LogP contribution in [0.4, 0.5) is 10.1 Å². The zero-order valence-corrected chi connectivity index (χ0v) is 18.2. The van der Waals surface area contributed by atoms with Crippen molar-refractivity contribution >= 4 is 22.5 Å². The van der Waals surface area contributed by atoms with Crippen LogP contribution in [0.25, 0.3) is 16.6 Å². The fourth-order valence-electron chi connectivity index (χ4n) is 3.78. The van der Waals surface area contributed by atoms with Crippen LogP contribution >= 0.6 is 0 Å². The van der Waals surface area contributed by atoms with Gasteiger partial charge in [0.25, 0.3) is 5.91 Å². The van der Waals surface area contributed by atoms with Gasteiger partial charge in [0.1, 0.15) is 11.5 Å². The Morgan fingerprint density at radius 1 is 1.10 bits per heavy atom. The van der Waals surface area contributed by atoms with Crippen LogP contribution in [0, 0.1) is 19.7 Å². The molecular weight excluding hydrogens is 393 g/mol. The normalized spacial score (nSPS) is 11.4. The van der Waals surface area contributed by atoms with Crippen LogP contribution in [-0.4, -0.2) is 45.8 Å². The predicted octanol–water partition coefficient (Wildman–Crippen LogP) is 4.40. The molecular formula is C24H26FN5O. The number of carbonyl (C=O) groups is 1. The van der Waals surface area contributed by atoms with Crippen LogP contribution in [0.3, 0.4) is 0 Å². The van der Waals surface area contributed by atoms with E-state index in [0.717, 1.165) is 24.0 Å². The number of hydrogen-bond acceptors (Lipinski definition) is 3. The molecule has 1 N–H and O–H groups in total. The number of anilines is 1. The minimum atomic E-state index is -0.366. The van der Waals surface area contributed by atoms with Crippen LogP contribution in [0.5, 0.6) is 0 Å². The molecule has 2 aromatic carbocycles. The molecule has 0 aliphatic carbocycles. The fraction of sp³-hybridized carbons (Fsp3) is 0.250. The molecule has 0 aliphatic heterocycles. The van der Waals surface area contributed by atoms with E-state index in [1.807, 2.05) is 51.5 Å². The van der Waals surface area contributed by atoms with Crippen LogP contribution in [0.2, 0.25) is 0 Å². The minimum Gasteiger partial charge on any atom is -0.345 e. The molecule has 31 heavy (non-hydrogen) atoms. The quantitative estimate of drug-likeness (QED) is 0.504. The summed E-state index contributed by atoms with van der Waals surface area (Å²) in [6, 6.07) is 14.3. The number of aryl methyl sites for hydroxylation is 1. The number of nitrogens with zero attached hydrogens (tertiary/aromatic N) is 4. The van der Waals surface area contributed by atoms with Crippen molar-refractivity contribution in [1.82, 2.24) is 19.2 Å². The number of likely N-dealkylation sites (N-methyl/N-ethyl adjacent to an activating group) is 1. The van der Waals surface area contributed by atoms with Gasteiger partial charge in [-0.25, -0.2) is 9.07 Å². The highest BCUT2D eigenvalue weighted by molar-refractivity contribution is 6.13. The number of hydrogen-bond donors (Lipinski definition) is 1. The zero-order chi connectivity index (χ0) is 22.1. The molecule has 6 nitrogen and oxygen atoms in total. The fourth-order valence-corrected chi connectivity index (χ4v) is 3.78. The lowest BCUT2D eigenvalue weighted by Crippen LogP contribution is -2.18. The van der Waals surface area contributed by atoms with Crippen molar-refractivity contribution in [2.75, 3.05) is 26.0 Å². The topological polar surface area (TPSA) is 55.1 Å². The van der Waals surface area contributed by atoms with Gasteiger partial charge < -0.3 is 14.8 Å². The number of benzene rings is 2. The van der Waals surface area contributed by atoms with Gasteiger partial charge in [0, 0.05) is 30.2 Å². The second kappa shape index (κ2) is 8.35. The van der Waals surface area contributed by atoms with E-state index in [1.165, 1.54) is 10.7 Å². The minimum absolute atomic E-state index is 0.209. The molecule has 0 spiro atoms. The summed E-state index contributed by atoms with van der Waals surface area (Å²) in [6.07, 6.45) is 1.90. The monoisotopic (exact) mass is 419 g/mol. The number of nitrogens with one attached hydrogen (secondary N) is 1. The van der Waals surface area contributed by atoms with Crippen LogP contribution in [0.15, 0.2) is 54.7 Å². The number of rotatable bonds is 6. The molecule has 0 bridgehead atoms. The first-order valence-electron chi connectivity index (χ1n) is 10.2. The van der Waals surface area contributed by atoms with Gasteiger partial charge in [-0.15, -0.1) is 0 Å². The summed E-state index contributed by atoms with van der Waals surface area (Å²) in [5, 5.41) is 8.36. The largest absolute Gasteiger partial charge is 0.345 e. The lowest BCUT2D eigenvalue weighted by molar-refractivity contribution is 0.102. The molecule has 0 radical (unpaired) electrons. The molecule has 4 rings (SSSR count). The molecule has 0 saturated heterocycles. The molecule has 4 aromatic rings. The van der Waals surface area contributed by atoms with Gasteiger partial charge in [-0.2, -0.15) is 5.10 Å². The van der Waals surface area contributed by atoms with Crippen molar-refractivity contribution in [3.05, 3.63) is 77.5 Å². The third kappa shape index (κ3) is 3.96. The smallest absolute Gasteiger partial charge is 0.257 e. The van der Waals surface area contributed by atoms with Crippen molar-refractivity contribution in [3.63, 3.8) is 0 Å². The van der Waals surface area contributed by atoms with Gasteiger partial charge in [-0.05, 0) is 46.1 Å². The van der Waals surface area contributed by atoms with Crippen LogP contribution < -0.4 is 5.32 Å². The van der Waals surface area contributed by atoms with E-state index in [-0.39, 0.29) is 11.7 Å². The van der Waals surface area contributed by atoms with E-state index in [1.54, 1.807) is 25.1 Å². The average Bonchev–Trinajstić information content (AvgIpc) is 3.25. The number of aromatic nitrogens is 3. The summed E-state index contributed by atoms with van der Waals surface area (Å²) in [5.41, 5.74) is 3.87. The van der Waals surface area contributed by atoms with Gasteiger partial charge in [-0.3, -0.25) is 4.79 Å². The highest BCUT2D eigenvalue weighted by atomic mass is 19.1. The van der Waals surface area contributed by atoms with Gasteiger partial charge >= 0.3 is 0 Å². The molecule has 0 unspecified atom stereocenters. The summed E-state index contributed by atoms with van der Waals surface area (Å²) in [6.45, 7) is 5.28. The lowest BCUT2D eigenvalue weighted by atomic mass is 10.1. The second-order valence-electron chi connectivity index (χ2n) is 7.92. The van der Waals surface area contributed by atoms with E-state index in [9.17, 15) is 9.18 Å². The van der Waals surface area contributed by atoms with E-state index >= 15 is 0 Å². The zero-order valence-electron chi connectivity index (χ0n) is 18.2. The molecule has 7 heteroatoms. The van der Waals surface area contributed by atoms with E-state index in [0.29, 0.717) is 28.3 Å². The average molecular weight is 420 g/mol. The Morgan fingerprint density at radius 3 is 2.55 bits per heavy atom. The molecule has 0 atom stereocenters. The van der Waals surface area contributed by atoms with E-state index < -0.39 is 0 Å². The maximum absolute atomic E-state index is 14.3. The predicted molar refractivity (Wildman–Crippen MR) is 121 cm³/mol. The van der Waals surface area contributed by atoms with Crippen molar-refractivity contribution in [1.29, 1.82) is 0 Å². The Morgan fingerprint density at radius 2 is 1.81 bits per heavy atom. The Bertz CT molecular complexity index is 1250. The first-order chi connectivity index (χ1) is 14.9. The Labute approximate surface area is 180 Å². The van der Waals surface area contributed by atoms with E-state index in [2.05, 4.69) is 19.9 Å². The highest BCUT2D eigenvalue weighted by Crippen LogP contribution is 2.27. The molecule has 0 fully saturated rings.